The summed E-state index contributed by atoms with van der Waals surface area (Å²) in [6.07, 6.45) is 4.57. The fourth-order valence-corrected chi connectivity index (χ4v) is 2.26. The zero-order valence-corrected chi connectivity index (χ0v) is 10.2. The molecule has 15 heavy (non-hydrogen) atoms. The Morgan fingerprint density at radius 2 is 1.67 bits per heavy atom. The zero-order valence-electron chi connectivity index (χ0n) is 9.37. The zero-order chi connectivity index (χ0) is 10.8. The summed E-state index contributed by atoms with van der Waals surface area (Å²) >= 11 is 1.71. The van der Waals surface area contributed by atoms with Crippen molar-refractivity contribution in [3.63, 3.8) is 0 Å². The molecule has 0 aliphatic heterocycles. The largest absolute Gasteiger partial charge is 0.496 e. The summed E-state index contributed by atoms with van der Waals surface area (Å²) < 4.78 is 10.9. The van der Waals surface area contributed by atoms with Crippen molar-refractivity contribution in [2.75, 3.05) is 20.5 Å². The van der Waals surface area contributed by atoms with Gasteiger partial charge in [-0.3, -0.25) is 0 Å². The van der Waals surface area contributed by atoms with E-state index < -0.39 is 0 Å². The standard InChI is InChI=1S/C12H16O2S/c1-13-10-6-9(15-3)7-11(14-2)12(10)8-4-5-8/h6-8H,4-5H2,1-3H3. The van der Waals surface area contributed by atoms with Crippen LogP contribution in [0.3, 0.4) is 0 Å². The molecule has 0 atom stereocenters. The van der Waals surface area contributed by atoms with Gasteiger partial charge in [0.15, 0.2) is 0 Å². The van der Waals surface area contributed by atoms with Gasteiger partial charge < -0.3 is 9.47 Å². The third-order valence-corrected chi connectivity index (χ3v) is 3.45. The maximum atomic E-state index is 5.44. The Morgan fingerprint density at radius 1 is 1.13 bits per heavy atom. The minimum atomic E-state index is 0.644. The first-order valence-corrected chi connectivity index (χ1v) is 6.32. The van der Waals surface area contributed by atoms with Gasteiger partial charge in [0.25, 0.3) is 0 Å². The molecule has 2 nitrogen and oxygen atoms in total. The summed E-state index contributed by atoms with van der Waals surface area (Å²) in [6, 6.07) is 4.20. The molecule has 0 unspecified atom stereocenters. The van der Waals surface area contributed by atoms with Gasteiger partial charge in [-0.2, -0.15) is 0 Å². The highest BCUT2D eigenvalue weighted by Crippen LogP contribution is 2.49. The molecule has 0 aromatic heterocycles. The van der Waals surface area contributed by atoms with Crippen molar-refractivity contribution in [2.24, 2.45) is 0 Å². The Labute approximate surface area is 95.0 Å². The molecule has 0 amide bonds. The van der Waals surface area contributed by atoms with Gasteiger partial charge in [0, 0.05) is 10.5 Å². The van der Waals surface area contributed by atoms with E-state index in [0.29, 0.717) is 5.92 Å². The molecule has 2 rings (SSSR count). The lowest BCUT2D eigenvalue weighted by Crippen LogP contribution is -1.96. The van der Waals surface area contributed by atoms with E-state index in [2.05, 4.69) is 18.4 Å². The van der Waals surface area contributed by atoms with Crippen LogP contribution in [-0.2, 0) is 0 Å². The van der Waals surface area contributed by atoms with E-state index in [4.69, 9.17) is 9.47 Å². The van der Waals surface area contributed by atoms with E-state index in [1.165, 1.54) is 23.3 Å². The highest BCUT2D eigenvalue weighted by Gasteiger charge is 2.30. The van der Waals surface area contributed by atoms with Gasteiger partial charge in [-0.1, -0.05) is 0 Å². The first-order chi connectivity index (χ1) is 7.30. The van der Waals surface area contributed by atoms with Crippen LogP contribution in [-0.4, -0.2) is 20.5 Å². The number of methoxy groups -OCH3 is 2. The predicted octanol–water partition coefficient (Wildman–Crippen LogP) is 3.30. The van der Waals surface area contributed by atoms with Crippen LogP contribution in [0.25, 0.3) is 0 Å². The number of rotatable bonds is 4. The summed E-state index contributed by atoms with van der Waals surface area (Å²) in [5.74, 6) is 2.59. The van der Waals surface area contributed by atoms with Crippen molar-refractivity contribution < 1.29 is 9.47 Å². The second-order valence-electron chi connectivity index (χ2n) is 3.72. The molecule has 0 radical (unpaired) electrons. The Balaban J connectivity index is 2.48. The minimum absolute atomic E-state index is 0.644. The molecule has 1 aliphatic rings. The van der Waals surface area contributed by atoms with Gasteiger partial charge >= 0.3 is 0 Å². The highest BCUT2D eigenvalue weighted by molar-refractivity contribution is 7.98. The fraction of sp³-hybridized carbons (Fsp3) is 0.500. The maximum Gasteiger partial charge on any atom is 0.127 e. The van der Waals surface area contributed by atoms with Crippen molar-refractivity contribution in [3.8, 4) is 11.5 Å². The lowest BCUT2D eigenvalue weighted by Gasteiger charge is -2.14. The monoisotopic (exact) mass is 224 g/mol. The number of thioether (sulfide) groups is 1. The molecule has 1 fully saturated rings. The number of hydrogen-bond acceptors (Lipinski definition) is 3. The molecule has 1 saturated carbocycles. The van der Waals surface area contributed by atoms with E-state index in [-0.39, 0.29) is 0 Å². The summed E-state index contributed by atoms with van der Waals surface area (Å²) in [5, 5.41) is 0. The van der Waals surface area contributed by atoms with Crippen molar-refractivity contribution in [3.05, 3.63) is 17.7 Å². The molecular weight excluding hydrogens is 208 g/mol. The van der Waals surface area contributed by atoms with Gasteiger partial charge in [-0.25, -0.2) is 0 Å². The molecule has 1 aromatic carbocycles. The van der Waals surface area contributed by atoms with Gasteiger partial charge in [0.05, 0.1) is 14.2 Å². The van der Waals surface area contributed by atoms with Crippen LogP contribution in [0.15, 0.2) is 17.0 Å². The molecule has 0 bridgehead atoms. The second kappa shape index (κ2) is 4.35. The minimum Gasteiger partial charge on any atom is -0.496 e. The molecular formula is C12H16O2S. The second-order valence-corrected chi connectivity index (χ2v) is 4.60. The first kappa shape index (κ1) is 10.7. The van der Waals surface area contributed by atoms with Gasteiger partial charge in [-0.15, -0.1) is 11.8 Å². The normalized spacial score (nSPS) is 15.1. The Bertz CT molecular complexity index is 334. The van der Waals surface area contributed by atoms with Gasteiger partial charge in [0.1, 0.15) is 11.5 Å². The summed E-state index contributed by atoms with van der Waals surface area (Å²) in [4.78, 5) is 1.19. The molecule has 0 saturated heterocycles. The average molecular weight is 224 g/mol. The molecule has 0 N–H and O–H groups in total. The molecule has 82 valence electrons. The van der Waals surface area contributed by atoms with E-state index in [0.717, 1.165) is 11.5 Å². The molecule has 3 heteroatoms. The first-order valence-electron chi connectivity index (χ1n) is 5.10. The van der Waals surface area contributed by atoms with Crippen LogP contribution >= 0.6 is 11.8 Å². The van der Waals surface area contributed by atoms with E-state index in [1.54, 1.807) is 26.0 Å². The fourth-order valence-electron chi connectivity index (χ4n) is 1.81. The van der Waals surface area contributed by atoms with Crippen LogP contribution in [0.1, 0.15) is 24.3 Å². The molecule has 1 aromatic rings. The average Bonchev–Trinajstić information content (AvgIpc) is 3.10. The van der Waals surface area contributed by atoms with E-state index >= 15 is 0 Å². The summed E-state index contributed by atoms with van der Waals surface area (Å²) in [6.45, 7) is 0. The number of ether oxygens (including phenoxy) is 2. The molecule has 0 heterocycles. The topological polar surface area (TPSA) is 18.5 Å². The van der Waals surface area contributed by atoms with Gasteiger partial charge in [-0.05, 0) is 37.1 Å². The number of benzene rings is 1. The highest BCUT2D eigenvalue weighted by atomic mass is 32.2. The Hall–Kier alpha value is -0.830. The Kier molecular flexibility index (Phi) is 3.10. The number of hydrogen-bond donors (Lipinski definition) is 0. The van der Waals surface area contributed by atoms with Crippen LogP contribution in [0, 0.1) is 0 Å². The van der Waals surface area contributed by atoms with Crippen LogP contribution in [0.2, 0.25) is 0 Å². The maximum absolute atomic E-state index is 5.44. The smallest absolute Gasteiger partial charge is 0.127 e. The van der Waals surface area contributed by atoms with E-state index in [1.807, 2.05) is 0 Å². The van der Waals surface area contributed by atoms with Crippen molar-refractivity contribution >= 4 is 11.8 Å². The van der Waals surface area contributed by atoms with Crippen molar-refractivity contribution in [1.82, 2.24) is 0 Å². The molecule has 0 spiro atoms. The third-order valence-electron chi connectivity index (χ3n) is 2.74. The Morgan fingerprint density at radius 3 is 2.00 bits per heavy atom. The van der Waals surface area contributed by atoms with Crippen molar-refractivity contribution in [1.29, 1.82) is 0 Å². The summed E-state index contributed by atoms with van der Waals surface area (Å²) in [7, 11) is 3.45. The quantitative estimate of drug-likeness (QED) is 0.731. The third kappa shape index (κ3) is 2.07. The van der Waals surface area contributed by atoms with Crippen molar-refractivity contribution in [2.45, 2.75) is 23.7 Å². The van der Waals surface area contributed by atoms with Crippen LogP contribution in [0.4, 0.5) is 0 Å². The lowest BCUT2D eigenvalue weighted by molar-refractivity contribution is 0.383. The van der Waals surface area contributed by atoms with Crippen LogP contribution < -0.4 is 9.47 Å². The van der Waals surface area contributed by atoms with Crippen LogP contribution in [0.5, 0.6) is 11.5 Å². The van der Waals surface area contributed by atoms with E-state index in [9.17, 15) is 0 Å². The van der Waals surface area contributed by atoms with Gasteiger partial charge in [0.2, 0.25) is 0 Å². The summed E-state index contributed by atoms with van der Waals surface area (Å²) in [5.41, 5.74) is 1.25. The predicted molar refractivity (Wildman–Crippen MR) is 63.3 cm³/mol. The SMILES string of the molecule is COc1cc(SC)cc(OC)c1C1CC1. The molecule has 1 aliphatic carbocycles. The lowest BCUT2D eigenvalue weighted by atomic mass is 10.1.